The quantitative estimate of drug-likeness (QED) is 0.745. The second kappa shape index (κ2) is 7.09. The van der Waals surface area contributed by atoms with Crippen molar-refractivity contribution in [2.24, 2.45) is 0 Å². The average Bonchev–Trinajstić information content (AvgIpc) is 3.07. The fourth-order valence-electron chi connectivity index (χ4n) is 2.60. The van der Waals surface area contributed by atoms with Crippen molar-refractivity contribution in [2.45, 2.75) is 6.92 Å². The van der Waals surface area contributed by atoms with E-state index in [4.69, 9.17) is 9.47 Å². The number of carbonyl (C=O) groups excluding carboxylic acids is 1. The molecule has 3 aromatic rings. The highest BCUT2D eigenvalue weighted by molar-refractivity contribution is 6.08. The molecule has 0 aliphatic heterocycles. The monoisotopic (exact) mass is 337 g/mol. The fraction of sp³-hybridized carbons (Fsp3) is 0.158. The van der Waals surface area contributed by atoms with Crippen molar-refractivity contribution in [1.29, 1.82) is 0 Å². The number of hydrogen-bond donors (Lipinski definition) is 2. The topological polar surface area (TPSA) is 76.2 Å². The third-order valence-corrected chi connectivity index (χ3v) is 3.79. The Hall–Kier alpha value is -3.28. The molecule has 0 radical (unpaired) electrons. The summed E-state index contributed by atoms with van der Waals surface area (Å²) >= 11 is 0. The van der Waals surface area contributed by atoms with Gasteiger partial charge in [0.2, 0.25) is 0 Å². The molecule has 0 atom stereocenters. The van der Waals surface area contributed by atoms with Gasteiger partial charge in [0.25, 0.3) is 5.91 Å². The average molecular weight is 337 g/mol. The molecule has 0 unspecified atom stereocenters. The number of aromatic amines is 1. The summed E-state index contributed by atoms with van der Waals surface area (Å²) in [5, 5.41) is 2.89. The lowest BCUT2D eigenvalue weighted by Crippen LogP contribution is -2.14. The number of carbonyl (C=O) groups is 1. The van der Waals surface area contributed by atoms with Gasteiger partial charge in [0.15, 0.2) is 0 Å². The molecule has 6 nitrogen and oxygen atoms in total. The van der Waals surface area contributed by atoms with Crippen molar-refractivity contribution in [2.75, 3.05) is 19.5 Å². The summed E-state index contributed by atoms with van der Waals surface area (Å²) in [6, 6.07) is 12.8. The molecule has 2 aromatic carbocycles. The second-order valence-electron chi connectivity index (χ2n) is 5.45. The molecular weight excluding hydrogens is 318 g/mol. The molecule has 2 N–H and O–H groups in total. The highest BCUT2D eigenvalue weighted by Crippen LogP contribution is 2.29. The zero-order chi connectivity index (χ0) is 17.8. The van der Waals surface area contributed by atoms with E-state index in [2.05, 4.69) is 15.3 Å². The van der Waals surface area contributed by atoms with Crippen molar-refractivity contribution in [3.05, 3.63) is 60.0 Å². The minimum atomic E-state index is -0.299. The highest BCUT2D eigenvalue weighted by atomic mass is 16.5. The lowest BCUT2D eigenvalue weighted by atomic mass is 10.1. The minimum Gasteiger partial charge on any atom is -0.496 e. The van der Waals surface area contributed by atoms with E-state index in [0.717, 1.165) is 17.1 Å². The molecule has 0 spiro atoms. The molecule has 0 saturated carbocycles. The first kappa shape index (κ1) is 16.6. The van der Waals surface area contributed by atoms with Gasteiger partial charge in [-0.15, -0.1) is 0 Å². The third kappa shape index (κ3) is 3.47. The zero-order valence-electron chi connectivity index (χ0n) is 14.3. The summed E-state index contributed by atoms with van der Waals surface area (Å²) in [6.07, 6.45) is 1.76. The Bertz CT molecular complexity index is 880. The van der Waals surface area contributed by atoms with E-state index in [1.165, 1.54) is 14.2 Å². The van der Waals surface area contributed by atoms with E-state index in [1.54, 1.807) is 24.4 Å². The number of H-pyrrole nitrogens is 1. The van der Waals surface area contributed by atoms with Crippen molar-refractivity contribution in [1.82, 2.24) is 9.97 Å². The molecule has 0 bridgehead atoms. The first-order valence-electron chi connectivity index (χ1n) is 7.76. The fourth-order valence-corrected chi connectivity index (χ4v) is 2.60. The van der Waals surface area contributed by atoms with Crippen LogP contribution < -0.4 is 14.8 Å². The van der Waals surface area contributed by atoms with Crippen LogP contribution in [0.4, 0.5) is 5.69 Å². The number of amides is 1. The number of imidazole rings is 1. The van der Waals surface area contributed by atoms with Gasteiger partial charge in [-0.05, 0) is 31.2 Å². The van der Waals surface area contributed by atoms with E-state index in [1.807, 2.05) is 31.2 Å². The number of anilines is 1. The predicted octanol–water partition coefficient (Wildman–Crippen LogP) is 3.65. The standard InChI is InChI=1S/C19H19N3O3/c1-12-20-11-15(21-12)13-6-4-7-14(10-13)22-19(23)18-16(24-2)8-5-9-17(18)25-3/h4-11H,1-3H3,(H,20,21)(H,22,23). The van der Waals surface area contributed by atoms with Crippen LogP contribution in [0, 0.1) is 6.92 Å². The van der Waals surface area contributed by atoms with Crippen LogP contribution in [0.5, 0.6) is 11.5 Å². The van der Waals surface area contributed by atoms with Gasteiger partial charge in [-0.25, -0.2) is 4.98 Å². The second-order valence-corrected chi connectivity index (χ2v) is 5.45. The summed E-state index contributed by atoms with van der Waals surface area (Å²) in [5.74, 6) is 1.45. The summed E-state index contributed by atoms with van der Waals surface area (Å²) in [6.45, 7) is 1.89. The number of nitrogens with zero attached hydrogens (tertiary/aromatic N) is 1. The maximum atomic E-state index is 12.7. The van der Waals surface area contributed by atoms with E-state index in [0.29, 0.717) is 22.7 Å². The number of hydrogen-bond acceptors (Lipinski definition) is 4. The Balaban J connectivity index is 1.89. The summed E-state index contributed by atoms with van der Waals surface area (Å²) in [7, 11) is 3.04. The SMILES string of the molecule is COc1cccc(OC)c1C(=O)Nc1cccc(-c2cnc(C)[nH]2)c1. The van der Waals surface area contributed by atoms with E-state index >= 15 is 0 Å². The van der Waals surface area contributed by atoms with Gasteiger partial charge in [0.05, 0.1) is 26.1 Å². The zero-order valence-corrected chi connectivity index (χ0v) is 14.3. The first-order chi connectivity index (χ1) is 12.1. The number of aromatic nitrogens is 2. The van der Waals surface area contributed by atoms with Crippen LogP contribution in [0.25, 0.3) is 11.3 Å². The molecule has 0 aliphatic carbocycles. The van der Waals surface area contributed by atoms with Gasteiger partial charge in [-0.1, -0.05) is 18.2 Å². The van der Waals surface area contributed by atoms with E-state index in [9.17, 15) is 4.79 Å². The molecule has 0 fully saturated rings. The van der Waals surface area contributed by atoms with Crippen LogP contribution in [0.3, 0.4) is 0 Å². The largest absolute Gasteiger partial charge is 0.496 e. The molecule has 25 heavy (non-hydrogen) atoms. The molecular formula is C19H19N3O3. The summed E-state index contributed by atoms with van der Waals surface area (Å²) < 4.78 is 10.6. The first-order valence-corrected chi connectivity index (χ1v) is 7.76. The minimum absolute atomic E-state index is 0.299. The molecule has 6 heteroatoms. The molecule has 0 saturated heterocycles. The molecule has 128 valence electrons. The van der Waals surface area contributed by atoms with E-state index in [-0.39, 0.29) is 5.91 Å². The van der Waals surface area contributed by atoms with Crippen LogP contribution in [0.2, 0.25) is 0 Å². The Morgan fingerprint density at radius 1 is 1.08 bits per heavy atom. The van der Waals surface area contributed by atoms with Gasteiger partial charge in [-0.3, -0.25) is 4.79 Å². The molecule has 1 aromatic heterocycles. The van der Waals surface area contributed by atoms with Crippen molar-refractivity contribution >= 4 is 11.6 Å². The number of rotatable bonds is 5. The van der Waals surface area contributed by atoms with Crippen LogP contribution in [0.1, 0.15) is 16.2 Å². The Morgan fingerprint density at radius 3 is 2.36 bits per heavy atom. The summed E-state index contributed by atoms with van der Waals surface area (Å²) in [4.78, 5) is 20.1. The Labute approximate surface area is 145 Å². The molecule has 1 amide bonds. The van der Waals surface area contributed by atoms with Crippen molar-refractivity contribution < 1.29 is 14.3 Å². The van der Waals surface area contributed by atoms with Crippen LogP contribution in [-0.4, -0.2) is 30.1 Å². The number of methoxy groups -OCH3 is 2. The van der Waals surface area contributed by atoms with E-state index < -0.39 is 0 Å². The molecule has 3 rings (SSSR count). The number of ether oxygens (including phenoxy) is 2. The maximum Gasteiger partial charge on any atom is 0.263 e. The third-order valence-electron chi connectivity index (χ3n) is 3.79. The predicted molar refractivity (Wildman–Crippen MR) is 96.3 cm³/mol. The lowest BCUT2D eigenvalue weighted by molar-refractivity contribution is 0.102. The van der Waals surface area contributed by atoms with Gasteiger partial charge in [0.1, 0.15) is 22.9 Å². The van der Waals surface area contributed by atoms with Crippen LogP contribution in [-0.2, 0) is 0 Å². The van der Waals surface area contributed by atoms with Gasteiger partial charge in [-0.2, -0.15) is 0 Å². The Kier molecular flexibility index (Phi) is 4.70. The molecule has 1 heterocycles. The normalized spacial score (nSPS) is 10.4. The number of benzene rings is 2. The lowest BCUT2D eigenvalue weighted by Gasteiger charge is -2.13. The number of aryl methyl sites for hydroxylation is 1. The van der Waals surface area contributed by atoms with Crippen molar-refractivity contribution in [3.63, 3.8) is 0 Å². The highest BCUT2D eigenvalue weighted by Gasteiger charge is 2.18. The molecule has 0 aliphatic rings. The smallest absolute Gasteiger partial charge is 0.263 e. The van der Waals surface area contributed by atoms with Gasteiger partial charge < -0.3 is 19.8 Å². The van der Waals surface area contributed by atoms with Gasteiger partial charge in [0, 0.05) is 11.3 Å². The van der Waals surface area contributed by atoms with Crippen LogP contribution >= 0.6 is 0 Å². The number of nitrogens with one attached hydrogen (secondary N) is 2. The Morgan fingerprint density at radius 2 is 1.76 bits per heavy atom. The van der Waals surface area contributed by atoms with Crippen LogP contribution in [0.15, 0.2) is 48.7 Å². The summed E-state index contributed by atoms with van der Waals surface area (Å²) in [5.41, 5.74) is 2.85. The maximum absolute atomic E-state index is 12.7. The van der Waals surface area contributed by atoms with Crippen molar-refractivity contribution in [3.8, 4) is 22.8 Å². The van der Waals surface area contributed by atoms with Gasteiger partial charge >= 0.3 is 0 Å².